The highest BCUT2D eigenvalue weighted by Crippen LogP contribution is 2.14. The summed E-state index contributed by atoms with van der Waals surface area (Å²) in [4.78, 5) is 24.4. The first-order chi connectivity index (χ1) is 27.0. The smallest absolute Gasteiger partial charge is 0.305 e. The zero-order valence-corrected chi connectivity index (χ0v) is 36.4. The maximum atomic E-state index is 12.4. The van der Waals surface area contributed by atoms with E-state index in [0.29, 0.717) is 19.4 Å². The Hall–Kier alpha value is -1.92. The average molecular weight is 774 g/mol. The highest BCUT2D eigenvalue weighted by atomic mass is 16.5. The first kappa shape index (κ1) is 53.1. The molecule has 0 heterocycles. The molecule has 55 heavy (non-hydrogen) atoms. The van der Waals surface area contributed by atoms with Crippen molar-refractivity contribution in [1.82, 2.24) is 5.32 Å². The lowest BCUT2D eigenvalue weighted by molar-refractivity contribution is -0.143. The molecule has 0 saturated heterocycles. The summed E-state index contributed by atoms with van der Waals surface area (Å²) in [6, 6.07) is -0.648. The van der Waals surface area contributed by atoms with Crippen LogP contribution in [0.15, 0.2) is 36.5 Å². The lowest BCUT2D eigenvalue weighted by Crippen LogP contribution is -2.45. The predicted molar refractivity (Wildman–Crippen MR) is 236 cm³/mol. The molecule has 6 nitrogen and oxygen atoms in total. The number of nitrogens with one attached hydrogen (secondary N) is 1. The van der Waals surface area contributed by atoms with Gasteiger partial charge in [0.05, 0.1) is 25.4 Å². The van der Waals surface area contributed by atoms with Gasteiger partial charge in [-0.2, -0.15) is 0 Å². The minimum Gasteiger partial charge on any atom is -0.466 e. The third-order valence-corrected chi connectivity index (χ3v) is 10.6. The zero-order valence-electron chi connectivity index (χ0n) is 36.4. The van der Waals surface area contributed by atoms with Crippen LogP contribution in [0.5, 0.6) is 0 Å². The summed E-state index contributed by atoms with van der Waals surface area (Å²) in [5.41, 5.74) is 0. The van der Waals surface area contributed by atoms with Crippen LogP contribution in [-0.4, -0.2) is 47.4 Å². The Morgan fingerprint density at radius 2 is 0.855 bits per heavy atom. The Labute approximate surface area is 341 Å². The largest absolute Gasteiger partial charge is 0.466 e. The number of hydrogen-bond acceptors (Lipinski definition) is 5. The molecule has 0 aliphatic heterocycles. The van der Waals surface area contributed by atoms with E-state index in [9.17, 15) is 19.8 Å². The van der Waals surface area contributed by atoms with Crippen LogP contribution in [0.3, 0.4) is 0 Å². The van der Waals surface area contributed by atoms with Gasteiger partial charge in [-0.25, -0.2) is 0 Å². The summed E-state index contributed by atoms with van der Waals surface area (Å²) in [5.74, 6) is -0.142. The Morgan fingerprint density at radius 3 is 1.31 bits per heavy atom. The number of unbranched alkanes of at least 4 members (excludes halogenated alkanes) is 28. The Morgan fingerprint density at radius 1 is 0.491 bits per heavy atom. The van der Waals surface area contributed by atoms with E-state index in [1.807, 2.05) is 6.08 Å². The first-order valence-corrected chi connectivity index (χ1v) is 23.8. The van der Waals surface area contributed by atoms with Crippen LogP contribution in [0.25, 0.3) is 0 Å². The number of ether oxygens (including phenoxy) is 1. The van der Waals surface area contributed by atoms with Crippen molar-refractivity contribution in [2.45, 2.75) is 251 Å². The molecule has 0 aromatic carbocycles. The third-order valence-electron chi connectivity index (χ3n) is 10.6. The fourth-order valence-corrected chi connectivity index (χ4v) is 6.91. The van der Waals surface area contributed by atoms with Gasteiger partial charge in [0.15, 0.2) is 0 Å². The van der Waals surface area contributed by atoms with Crippen molar-refractivity contribution in [2.75, 3.05) is 13.2 Å². The first-order valence-electron chi connectivity index (χ1n) is 23.8. The average Bonchev–Trinajstić information content (AvgIpc) is 3.18. The van der Waals surface area contributed by atoms with Crippen LogP contribution < -0.4 is 5.32 Å². The minimum atomic E-state index is -0.862. The molecular formula is C49H91NO5. The molecule has 0 aliphatic rings. The minimum absolute atomic E-state index is 0.0432. The standard InChI is InChI=1S/C49H91NO5/c1-3-5-7-9-11-13-15-17-19-21-25-29-33-37-41-47(52)46(45-51)50-48(53)42-38-34-30-26-22-20-24-28-32-36-40-44-55-49(54)43-39-35-31-27-23-18-16-14-12-10-8-6-4-2/h14,16,24,28,37,41,46-47,51-52H,3-13,15,17-23,25-27,29-36,38-40,42-45H2,1-2H3,(H,50,53)/b16-14-,28-24-,41-37+. The van der Waals surface area contributed by atoms with Crippen LogP contribution >= 0.6 is 0 Å². The molecule has 0 saturated carbocycles. The number of rotatable bonds is 43. The van der Waals surface area contributed by atoms with E-state index in [0.717, 1.165) is 83.5 Å². The molecular weight excluding hydrogens is 683 g/mol. The predicted octanol–water partition coefficient (Wildman–Crippen LogP) is 13.7. The van der Waals surface area contributed by atoms with Crippen molar-refractivity contribution in [3.63, 3.8) is 0 Å². The van der Waals surface area contributed by atoms with Crippen molar-refractivity contribution >= 4 is 11.9 Å². The van der Waals surface area contributed by atoms with Crippen molar-refractivity contribution in [3.8, 4) is 0 Å². The van der Waals surface area contributed by atoms with Crippen LogP contribution in [0.2, 0.25) is 0 Å². The molecule has 0 radical (unpaired) electrons. The molecule has 0 bridgehead atoms. The summed E-state index contributed by atoms with van der Waals surface area (Å²) in [6.07, 6.45) is 52.7. The molecule has 1 amide bonds. The van der Waals surface area contributed by atoms with Crippen LogP contribution in [-0.2, 0) is 14.3 Å². The number of carbonyl (C=O) groups excluding carboxylic acids is 2. The Balaban J connectivity index is 3.58. The lowest BCUT2D eigenvalue weighted by atomic mass is 10.0. The van der Waals surface area contributed by atoms with Gasteiger partial charge in [-0.1, -0.05) is 179 Å². The molecule has 2 atom stereocenters. The van der Waals surface area contributed by atoms with Crippen molar-refractivity contribution in [1.29, 1.82) is 0 Å². The van der Waals surface area contributed by atoms with Gasteiger partial charge in [-0.15, -0.1) is 0 Å². The van der Waals surface area contributed by atoms with Gasteiger partial charge in [0, 0.05) is 12.8 Å². The Bertz CT molecular complexity index is 900. The second-order valence-corrected chi connectivity index (χ2v) is 16.1. The number of aliphatic hydroxyl groups excluding tert-OH is 2. The normalized spacial score (nSPS) is 13.0. The molecule has 6 heteroatoms. The molecule has 0 aromatic rings. The topological polar surface area (TPSA) is 95.9 Å². The third kappa shape index (κ3) is 41.5. The molecule has 0 rings (SSSR count). The van der Waals surface area contributed by atoms with Gasteiger partial charge in [-0.05, 0) is 83.5 Å². The van der Waals surface area contributed by atoms with Crippen LogP contribution in [0.4, 0.5) is 0 Å². The fraction of sp³-hybridized carbons (Fsp3) is 0.837. The summed E-state index contributed by atoms with van der Waals surface area (Å²) >= 11 is 0. The highest BCUT2D eigenvalue weighted by molar-refractivity contribution is 5.76. The van der Waals surface area contributed by atoms with Crippen LogP contribution in [0.1, 0.15) is 239 Å². The zero-order chi connectivity index (χ0) is 40.1. The van der Waals surface area contributed by atoms with E-state index < -0.39 is 12.1 Å². The summed E-state index contributed by atoms with van der Waals surface area (Å²) in [7, 11) is 0. The number of allylic oxidation sites excluding steroid dienone is 5. The van der Waals surface area contributed by atoms with Crippen molar-refractivity contribution in [2.24, 2.45) is 0 Å². The quantitative estimate of drug-likeness (QED) is 0.0326. The SMILES string of the molecule is CCCCCC/C=C\CCCCCCCC(=O)OCCCC/C=C\CCCCCCCC(=O)NC(CO)C(O)/C=C/CCCCCCCCCCCCCC. The van der Waals surface area contributed by atoms with Gasteiger partial charge < -0.3 is 20.3 Å². The van der Waals surface area contributed by atoms with E-state index in [1.165, 1.54) is 128 Å². The molecule has 0 aromatic heterocycles. The van der Waals surface area contributed by atoms with E-state index in [4.69, 9.17) is 4.74 Å². The van der Waals surface area contributed by atoms with Crippen molar-refractivity contribution in [3.05, 3.63) is 36.5 Å². The van der Waals surface area contributed by atoms with Gasteiger partial charge in [0.1, 0.15) is 0 Å². The molecule has 2 unspecified atom stereocenters. The van der Waals surface area contributed by atoms with E-state index in [1.54, 1.807) is 6.08 Å². The van der Waals surface area contributed by atoms with Gasteiger partial charge in [0.25, 0.3) is 0 Å². The second kappa shape index (κ2) is 44.8. The molecule has 322 valence electrons. The van der Waals surface area contributed by atoms with E-state index in [-0.39, 0.29) is 18.5 Å². The van der Waals surface area contributed by atoms with Crippen molar-refractivity contribution < 1.29 is 24.5 Å². The maximum absolute atomic E-state index is 12.4. The van der Waals surface area contributed by atoms with Crippen LogP contribution in [0, 0.1) is 0 Å². The molecule has 0 spiro atoms. The molecule has 3 N–H and O–H groups in total. The van der Waals surface area contributed by atoms with Gasteiger partial charge in [0.2, 0.25) is 5.91 Å². The van der Waals surface area contributed by atoms with E-state index in [2.05, 4.69) is 43.5 Å². The second-order valence-electron chi connectivity index (χ2n) is 16.1. The van der Waals surface area contributed by atoms with Gasteiger partial charge >= 0.3 is 5.97 Å². The highest BCUT2D eigenvalue weighted by Gasteiger charge is 2.18. The fourth-order valence-electron chi connectivity index (χ4n) is 6.91. The number of aliphatic hydroxyl groups is 2. The monoisotopic (exact) mass is 774 g/mol. The molecule has 0 fully saturated rings. The number of carbonyl (C=O) groups is 2. The lowest BCUT2D eigenvalue weighted by Gasteiger charge is -2.20. The van der Waals surface area contributed by atoms with Gasteiger partial charge in [-0.3, -0.25) is 9.59 Å². The molecule has 0 aliphatic carbocycles. The number of hydrogen-bond donors (Lipinski definition) is 3. The number of esters is 1. The van der Waals surface area contributed by atoms with E-state index >= 15 is 0 Å². The summed E-state index contributed by atoms with van der Waals surface area (Å²) in [5, 5.41) is 23.0. The summed E-state index contributed by atoms with van der Waals surface area (Å²) < 4.78 is 5.41. The maximum Gasteiger partial charge on any atom is 0.305 e. The number of amides is 1. The summed E-state index contributed by atoms with van der Waals surface area (Å²) in [6.45, 7) is 4.79. The Kier molecular flexibility index (Phi) is 43.2.